The Hall–Kier alpha value is -4.01. The van der Waals surface area contributed by atoms with Gasteiger partial charge in [0.1, 0.15) is 0 Å². The summed E-state index contributed by atoms with van der Waals surface area (Å²) in [5.74, 6) is -3.08. The van der Waals surface area contributed by atoms with Crippen molar-refractivity contribution in [2.75, 3.05) is 6.54 Å². The fourth-order valence-corrected chi connectivity index (χ4v) is 3.37. The van der Waals surface area contributed by atoms with Crippen LogP contribution in [0.4, 0.5) is 4.79 Å². The van der Waals surface area contributed by atoms with E-state index in [2.05, 4.69) is 0 Å². The van der Waals surface area contributed by atoms with Gasteiger partial charge in [-0.05, 0) is 36.1 Å². The molecule has 9 heteroatoms. The van der Waals surface area contributed by atoms with E-state index in [0.717, 1.165) is 10.5 Å². The molecule has 2 aromatic carbocycles. The molecule has 166 valence electrons. The number of benzene rings is 2. The molecule has 2 aromatic rings. The first-order chi connectivity index (χ1) is 15.2. The summed E-state index contributed by atoms with van der Waals surface area (Å²) < 4.78 is 5.25. The second-order valence-corrected chi connectivity index (χ2v) is 7.68. The molecule has 0 radical (unpaired) electrons. The summed E-state index contributed by atoms with van der Waals surface area (Å²) >= 11 is 0. The van der Waals surface area contributed by atoms with Crippen molar-refractivity contribution in [2.24, 2.45) is 11.7 Å². The molecule has 1 aliphatic heterocycles. The third kappa shape index (κ3) is 4.83. The molecule has 0 saturated heterocycles. The molecule has 0 aromatic heterocycles. The van der Waals surface area contributed by atoms with Gasteiger partial charge in [0, 0.05) is 6.54 Å². The third-order valence-electron chi connectivity index (χ3n) is 5.02. The molecule has 0 spiro atoms. The van der Waals surface area contributed by atoms with Crippen LogP contribution in [0.25, 0.3) is 0 Å². The lowest BCUT2D eigenvalue weighted by molar-refractivity contribution is -0.130. The van der Waals surface area contributed by atoms with Crippen LogP contribution in [0.3, 0.4) is 0 Å². The molecule has 0 fully saturated rings. The van der Waals surface area contributed by atoms with Crippen molar-refractivity contribution in [3.8, 4) is 0 Å². The van der Waals surface area contributed by atoms with Crippen LogP contribution in [0, 0.1) is 5.92 Å². The second-order valence-electron chi connectivity index (χ2n) is 7.68. The van der Waals surface area contributed by atoms with Crippen LogP contribution in [0.15, 0.2) is 48.5 Å². The van der Waals surface area contributed by atoms with E-state index in [9.17, 15) is 24.0 Å². The summed E-state index contributed by atoms with van der Waals surface area (Å²) in [5, 5.41) is 1.89. The standard InChI is InChI=1S/C23H23N3O6/c1-13(2)18(19(27)25-23(24)31)32-22(30)15-8-9-16-17(12-15)21(29)26(20(16)28)11-10-14-6-4-3-5-7-14/h3-9,12-13,18H,10-11H2,1-2H3,(H3,24,25,27,31)/t18-/m0/s1. The van der Waals surface area contributed by atoms with E-state index < -0.39 is 41.7 Å². The monoisotopic (exact) mass is 437 g/mol. The average Bonchev–Trinajstić information content (AvgIpc) is 2.99. The Morgan fingerprint density at radius 2 is 1.66 bits per heavy atom. The summed E-state index contributed by atoms with van der Waals surface area (Å²) in [7, 11) is 0. The highest BCUT2D eigenvalue weighted by Crippen LogP contribution is 2.25. The van der Waals surface area contributed by atoms with Crippen molar-refractivity contribution >= 4 is 29.7 Å². The molecule has 3 N–H and O–H groups in total. The maximum atomic E-state index is 12.8. The van der Waals surface area contributed by atoms with Crippen LogP contribution in [0.5, 0.6) is 0 Å². The lowest BCUT2D eigenvalue weighted by atomic mass is 10.0. The summed E-state index contributed by atoms with van der Waals surface area (Å²) in [4.78, 5) is 62.2. The Morgan fingerprint density at radius 1 is 1.00 bits per heavy atom. The molecule has 3 rings (SSSR count). The minimum absolute atomic E-state index is 0.00679. The highest BCUT2D eigenvalue weighted by Gasteiger charge is 2.36. The highest BCUT2D eigenvalue weighted by atomic mass is 16.5. The minimum Gasteiger partial charge on any atom is -0.448 e. The van der Waals surface area contributed by atoms with Crippen LogP contribution in [0.2, 0.25) is 0 Å². The van der Waals surface area contributed by atoms with Crippen molar-refractivity contribution in [3.63, 3.8) is 0 Å². The van der Waals surface area contributed by atoms with E-state index in [-0.39, 0.29) is 23.2 Å². The first kappa shape index (κ1) is 22.7. The van der Waals surface area contributed by atoms with Gasteiger partial charge in [0.25, 0.3) is 17.7 Å². The Morgan fingerprint density at radius 3 is 2.28 bits per heavy atom. The first-order valence-corrected chi connectivity index (χ1v) is 10.0. The largest absolute Gasteiger partial charge is 0.448 e. The van der Waals surface area contributed by atoms with Gasteiger partial charge in [-0.1, -0.05) is 44.2 Å². The van der Waals surface area contributed by atoms with Gasteiger partial charge >= 0.3 is 12.0 Å². The number of fused-ring (bicyclic) bond motifs is 1. The first-order valence-electron chi connectivity index (χ1n) is 10.0. The molecular formula is C23H23N3O6. The van der Waals surface area contributed by atoms with E-state index in [0.29, 0.717) is 6.42 Å². The average molecular weight is 437 g/mol. The lowest BCUT2D eigenvalue weighted by Crippen LogP contribution is -2.45. The highest BCUT2D eigenvalue weighted by molar-refractivity contribution is 6.22. The number of esters is 1. The number of ether oxygens (including phenoxy) is 1. The van der Waals surface area contributed by atoms with Crippen molar-refractivity contribution in [1.29, 1.82) is 0 Å². The molecule has 1 atom stereocenters. The van der Waals surface area contributed by atoms with E-state index in [1.807, 2.05) is 35.6 Å². The van der Waals surface area contributed by atoms with E-state index in [1.54, 1.807) is 13.8 Å². The van der Waals surface area contributed by atoms with Crippen molar-refractivity contribution in [2.45, 2.75) is 26.4 Å². The molecule has 0 bridgehead atoms. The number of carbonyl (C=O) groups is 5. The van der Waals surface area contributed by atoms with Crippen LogP contribution in [0.1, 0.15) is 50.5 Å². The zero-order valence-corrected chi connectivity index (χ0v) is 17.7. The van der Waals surface area contributed by atoms with E-state index >= 15 is 0 Å². The van der Waals surface area contributed by atoms with Gasteiger partial charge in [0.2, 0.25) is 0 Å². The zero-order chi connectivity index (χ0) is 23.4. The van der Waals surface area contributed by atoms with E-state index in [1.165, 1.54) is 18.2 Å². The Bertz CT molecular complexity index is 1080. The number of primary amides is 1. The third-order valence-corrected chi connectivity index (χ3v) is 5.02. The number of hydrogen-bond acceptors (Lipinski definition) is 6. The van der Waals surface area contributed by atoms with Crippen molar-refractivity contribution < 1.29 is 28.7 Å². The van der Waals surface area contributed by atoms with Crippen LogP contribution >= 0.6 is 0 Å². The quantitative estimate of drug-likeness (QED) is 0.502. The number of nitrogens with one attached hydrogen (secondary N) is 1. The molecule has 0 unspecified atom stereocenters. The molecule has 1 aliphatic rings. The Kier molecular flexibility index (Phi) is 6.67. The SMILES string of the molecule is CC(C)[C@H](OC(=O)c1ccc2c(c1)C(=O)N(CCc1ccccc1)C2=O)C(=O)NC(N)=O. The van der Waals surface area contributed by atoms with Gasteiger partial charge in [-0.15, -0.1) is 0 Å². The van der Waals surface area contributed by atoms with Crippen LogP contribution < -0.4 is 11.1 Å². The van der Waals surface area contributed by atoms with Gasteiger partial charge in [0.15, 0.2) is 6.10 Å². The summed E-state index contributed by atoms with van der Waals surface area (Å²) in [6.07, 6.45) is -0.755. The normalized spacial score (nSPS) is 13.7. The van der Waals surface area contributed by atoms with Crippen molar-refractivity contribution in [3.05, 3.63) is 70.8 Å². The minimum atomic E-state index is -1.26. The van der Waals surface area contributed by atoms with Gasteiger partial charge in [-0.3, -0.25) is 24.6 Å². The number of carbonyl (C=O) groups excluding carboxylic acids is 5. The number of nitrogens with zero attached hydrogens (tertiary/aromatic N) is 1. The number of urea groups is 1. The maximum Gasteiger partial charge on any atom is 0.338 e. The summed E-state index contributed by atoms with van der Waals surface area (Å²) in [6.45, 7) is 3.47. The lowest BCUT2D eigenvalue weighted by Gasteiger charge is -2.19. The van der Waals surface area contributed by atoms with Crippen LogP contribution in [-0.2, 0) is 16.0 Å². The fourth-order valence-electron chi connectivity index (χ4n) is 3.37. The van der Waals surface area contributed by atoms with Gasteiger partial charge < -0.3 is 10.5 Å². The predicted octanol–water partition coefficient (Wildman–Crippen LogP) is 1.90. The summed E-state index contributed by atoms with van der Waals surface area (Å²) in [6, 6.07) is 12.4. The van der Waals surface area contributed by atoms with Crippen molar-refractivity contribution in [1.82, 2.24) is 10.2 Å². The van der Waals surface area contributed by atoms with Crippen LogP contribution in [-0.4, -0.2) is 47.3 Å². The predicted molar refractivity (Wildman–Crippen MR) is 114 cm³/mol. The number of imide groups is 2. The number of hydrogen-bond donors (Lipinski definition) is 2. The second kappa shape index (κ2) is 9.42. The summed E-state index contributed by atoms with van der Waals surface area (Å²) in [5.41, 5.74) is 6.25. The van der Waals surface area contributed by atoms with E-state index in [4.69, 9.17) is 10.5 Å². The number of nitrogens with two attached hydrogens (primary N) is 1. The fraction of sp³-hybridized carbons (Fsp3) is 0.261. The maximum absolute atomic E-state index is 12.8. The molecular weight excluding hydrogens is 414 g/mol. The molecule has 5 amide bonds. The van der Waals surface area contributed by atoms with Gasteiger partial charge in [-0.25, -0.2) is 9.59 Å². The van der Waals surface area contributed by atoms with Gasteiger partial charge in [0.05, 0.1) is 16.7 Å². The van der Waals surface area contributed by atoms with Gasteiger partial charge in [-0.2, -0.15) is 0 Å². The Balaban J connectivity index is 1.74. The smallest absolute Gasteiger partial charge is 0.338 e. The molecule has 1 heterocycles. The molecule has 32 heavy (non-hydrogen) atoms. The Labute approximate surface area is 184 Å². The zero-order valence-electron chi connectivity index (χ0n) is 17.7. The number of amides is 5. The number of rotatable bonds is 7. The molecule has 0 aliphatic carbocycles. The molecule has 0 saturated carbocycles. The topological polar surface area (TPSA) is 136 Å². The molecule has 9 nitrogen and oxygen atoms in total.